The second-order valence-electron chi connectivity index (χ2n) is 3.95. The third kappa shape index (κ3) is 5.36. The Bertz CT molecular complexity index is 422. The van der Waals surface area contributed by atoms with Gasteiger partial charge in [-0.15, -0.1) is 0 Å². The van der Waals surface area contributed by atoms with Crippen LogP contribution in [0, 0.1) is 0 Å². The molecular weight excluding hydrogens is 268 g/mol. The number of carboxylic acid groups (broad SMARTS) is 1. The van der Waals surface area contributed by atoms with E-state index in [4.69, 9.17) is 21.4 Å². The fourth-order valence-corrected chi connectivity index (χ4v) is 1.88. The van der Waals surface area contributed by atoms with Crippen molar-refractivity contribution in [3.05, 3.63) is 23.2 Å². The van der Waals surface area contributed by atoms with Gasteiger partial charge < -0.3 is 14.7 Å². The Morgan fingerprint density at radius 1 is 1.42 bits per heavy atom. The maximum Gasteiger partial charge on any atom is 0.409 e. The summed E-state index contributed by atoms with van der Waals surface area (Å²) in [6, 6.07) is 4.81. The smallest absolute Gasteiger partial charge is 0.409 e. The molecule has 5 nitrogen and oxygen atoms in total. The monoisotopic (exact) mass is 286 g/mol. The lowest BCUT2D eigenvalue weighted by Crippen LogP contribution is -2.27. The number of amides is 1. The zero-order valence-corrected chi connectivity index (χ0v) is 11.9. The number of anilines is 1. The number of hydrogen-bond acceptors (Lipinski definition) is 3. The molecule has 0 aliphatic carbocycles. The third-order valence-corrected chi connectivity index (χ3v) is 3.04. The molecule has 2 N–H and O–H groups in total. The molecule has 106 valence electrons. The minimum absolute atomic E-state index is 0.394. The number of ether oxygens (including phenoxy) is 1. The highest BCUT2D eigenvalue weighted by Gasteiger charge is 2.06. The van der Waals surface area contributed by atoms with Crippen LogP contribution in [0.3, 0.4) is 0 Å². The van der Waals surface area contributed by atoms with Crippen molar-refractivity contribution in [3.63, 3.8) is 0 Å². The lowest BCUT2D eigenvalue weighted by molar-refractivity contribution is 0.209. The highest BCUT2D eigenvalue weighted by atomic mass is 35.5. The maximum atomic E-state index is 10.5. The van der Waals surface area contributed by atoms with Crippen molar-refractivity contribution >= 4 is 23.4 Å². The first-order chi connectivity index (χ1) is 9.06. The van der Waals surface area contributed by atoms with Gasteiger partial charge in [-0.1, -0.05) is 25.4 Å². The summed E-state index contributed by atoms with van der Waals surface area (Å²) in [5.41, 5.74) is 0.425. The van der Waals surface area contributed by atoms with E-state index in [1.807, 2.05) is 0 Å². The van der Waals surface area contributed by atoms with Crippen LogP contribution in [0.4, 0.5) is 10.5 Å². The van der Waals surface area contributed by atoms with Gasteiger partial charge in [0.05, 0.1) is 5.02 Å². The van der Waals surface area contributed by atoms with E-state index in [1.54, 1.807) is 12.1 Å². The Hall–Kier alpha value is -1.46. The van der Waals surface area contributed by atoms with Crippen LogP contribution < -0.4 is 10.1 Å². The van der Waals surface area contributed by atoms with E-state index >= 15 is 0 Å². The summed E-state index contributed by atoms with van der Waals surface area (Å²) >= 11 is 6.02. The molecule has 0 atom stereocenters. The van der Waals surface area contributed by atoms with Crippen molar-refractivity contribution in [1.82, 2.24) is 4.90 Å². The number of carbonyl (C=O) groups is 1. The Kier molecular flexibility index (Phi) is 6.45. The van der Waals surface area contributed by atoms with Gasteiger partial charge >= 0.3 is 6.09 Å². The van der Waals surface area contributed by atoms with Crippen molar-refractivity contribution in [3.8, 4) is 5.75 Å². The summed E-state index contributed by atoms with van der Waals surface area (Å²) in [5, 5.41) is 11.2. The van der Waals surface area contributed by atoms with Gasteiger partial charge in [-0.05, 0) is 31.3 Å². The number of nitrogens with zero attached hydrogens (tertiary/aromatic N) is 1. The zero-order valence-electron chi connectivity index (χ0n) is 11.1. The molecule has 0 unspecified atom stereocenters. The number of halogens is 1. The number of likely N-dealkylation sites (N-methyl/N-ethyl adjacent to an activating group) is 1. The van der Waals surface area contributed by atoms with Gasteiger partial charge in [-0.3, -0.25) is 5.32 Å². The van der Waals surface area contributed by atoms with Crippen molar-refractivity contribution in [2.45, 2.75) is 13.8 Å². The number of rotatable bonds is 7. The number of nitrogens with one attached hydrogen (secondary N) is 1. The van der Waals surface area contributed by atoms with Crippen LogP contribution in [0.2, 0.25) is 5.02 Å². The van der Waals surface area contributed by atoms with Crippen LogP contribution in [-0.2, 0) is 0 Å². The van der Waals surface area contributed by atoms with Gasteiger partial charge in [0.2, 0.25) is 0 Å². The van der Waals surface area contributed by atoms with Crippen molar-refractivity contribution < 1.29 is 14.6 Å². The fraction of sp³-hybridized carbons (Fsp3) is 0.462. The minimum Gasteiger partial charge on any atom is -0.491 e. The predicted octanol–water partition coefficient (Wildman–Crippen LogP) is 3.15. The molecule has 1 amide bonds. The maximum absolute atomic E-state index is 10.5. The molecule has 1 rings (SSSR count). The summed E-state index contributed by atoms with van der Waals surface area (Å²) in [5.74, 6) is 0.560. The molecule has 0 aliphatic heterocycles. The highest BCUT2D eigenvalue weighted by Crippen LogP contribution is 2.27. The van der Waals surface area contributed by atoms with Crippen LogP contribution in [0.15, 0.2) is 18.2 Å². The summed E-state index contributed by atoms with van der Waals surface area (Å²) in [4.78, 5) is 12.7. The van der Waals surface area contributed by atoms with Crippen molar-refractivity contribution in [1.29, 1.82) is 0 Å². The molecule has 0 saturated heterocycles. The fourth-order valence-electron chi connectivity index (χ4n) is 1.64. The highest BCUT2D eigenvalue weighted by molar-refractivity contribution is 6.32. The molecule has 0 aromatic heterocycles. The second-order valence-corrected chi connectivity index (χ2v) is 4.36. The van der Waals surface area contributed by atoms with E-state index in [1.165, 1.54) is 6.07 Å². The van der Waals surface area contributed by atoms with E-state index in [9.17, 15) is 4.79 Å². The van der Waals surface area contributed by atoms with E-state index in [0.717, 1.165) is 19.6 Å². The van der Waals surface area contributed by atoms with Crippen LogP contribution in [-0.4, -0.2) is 42.3 Å². The largest absolute Gasteiger partial charge is 0.491 e. The summed E-state index contributed by atoms with van der Waals surface area (Å²) < 4.78 is 5.58. The molecular formula is C13H19ClN2O3. The first kappa shape index (κ1) is 15.6. The average molecular weight is 287 g/mol. The molecule has 0 bridgehead atoms. The second kappa shape index (κ2) is 7.86. The van der Waals surface area contributed by atoms with Gasteiger partial charge in [0.15, 0.2) is 0 Å². The molecule has 0 spiro atoms. The molecule has 0 heterocycles. The van der Waals surface area contributed by atoms with Crippen molar-refractivity contribution in [2.24, 2.45) is 0 Å². The topological polar surface area (TPSA) is 61.8 Å². The number of benzene rings is 1. The third-order valence-electron chi connectivity index (χ3n) is 2.74. The molecule has 1 aromatic rings. The van der Waals surface area contributed by atoms with Crippen LogP contribution in [0.25, 0.3) is 0 Å². The number of hydrogen-bond donors (Lipinski definition) is 2. The molecule has 0 saturated carbocycles. The van der Waals surface area contributed by atoms with Crippen LogP contribution in [0.5, 0.6) is 5.75 Å². The molecule has 0 radical (unpaired) electrons. The Morgan fingerprint density at radius 3 is 2.63 bits per heavy atom. The van der Waals surface area contributed by atoms with E-state index in [0.29, 0.717) is 23.1 Å². The van der Waals surface area contributed by atoms with Crippen molar-refractivity contribution in [2.75, 3.05) is 31.6 Å². The first-order valence-corrected chi connectivity index (χ1v) is 6.59. The Labute approximate surface area is 118 Å². The quantitative estimate of drug-likeness (QED) is 0.808. The van der Waals surface area contributed by atoms with Gasteiger partial charge in [-0.2, -0.15) is 0 Å². The van der Waals surface area contributed by atoms with E-state index < -0.39 is 6.09 Å². The van der Waals surface area contributed by atoms with E-state index in [2.05, 4.69) is 24.1 Å². The molecule has 1 aromatic carbocycles. The molecule has 19 heavy (non-hydrogen) atoms. The van der Waals surface area contributed by atoms with Gasteiger partial charge in [0.1, 0.15) is 12.4 Å². The standard InChI is InChI=1S/C13H19ClN2O3/c1-3-16(4-2)7-8-19-12-6-5-10(9-11(12)14)15-13(17)18/h5-6,9,15H,3-4,7-8H2,1-2H3,(H,17,18). The molecule has 6 heteroatoms. The lowest BCUT2D eigenvalue weighted by atomic mass is 10.3. The summed E-state index contributed by atoms with van der Waals surface area (Å²) in [7, 11) is 0. The molecule has 0 fully saturated rings. The van der Waals surface area contributed by atoms with Gasteiger partial charge in [0, 0.05) is 12.2 Å². The SMILES string of the molecule is CCN(CC)CCOc1ccc(NC(=O)O)cc1Cl. The zero-order chi connectivity index (χ0) is 14.3. The minimum atomic E-state index is -1.12. The van der Waals surface area contributed by atoms with Gasteiger partial charge in [-0.25, -0.2) is 4.79 Å². The van der Waals surface area contributed by atoms with E-state index in [-0.39, 0.29) is 0 Å². The first-order valence-electron chi connectivity index (χ1n) is 6.21. The average Bonchev–Trinajstić information content (AvgIpc) is 2.36. The lowest BCUT2D eigenvalue weighted by Gasteiger charge is -2.18. The molecule has 0 aliphatic rings. The Morgan fingerprint density at radius 2 is 2.11 bits per heavy atom. The summed E-state index contributed by atoms with van der Waals surface area (Å²) in [6.45, 7) is 7.54. The van der Waals surface area contributed by atoms with Crippen LogP contribution in [0.1, 0.15) is 13.8 Å². The van der Waals surface area contributed by atoms with Gasteiger partial charge in [0.25, 0.3) is 0 Å². The predicted molar refractivity (Wildman–Crippen MR) is 76.4 cm³/mol. The van der Waals surface area contributed by atoms with Crippen LogP contribution >= 0.6 is 11.6 Å². The normalized spacial score (nSPS) is 10.5. The Balaban J connectivity index is 2.53. The summed E-state index contributed by atoms with van der Waals surface area (Å²) in [6.07, 6.45) is -1.12.